The number of ether oxygens (including phenoxy) is 1. The maximum absolute atomic E-state index is 12.1. The number of morpholine rings is 1. The van der Waals surface area contributed by atoms with Crippen LogP contribution in [-0.2, 0) is 14.3 Å². The maximum Gasteiger partial charge on any atom is 0.243 e. The third kappa shape index (κ3) is 5.79. The number of nitrogens with two attached hydrogens (primary N) is 1. The van der Waals surface area contributed by atoms with Crippen molar-refractivity contribution < 1.29 is 14.3 Å². The Labute approximate surface area is 155 Å². The van der Waals surface area contributed by atoms with Crippen LogP contribution in [0.4, 0.5) is 5.69 Å². The van der Waals surface area contributed by atoms with Crippen molar-refractivity contribution >= 4 is 17.5 Å². The summed E-state index contributed by atoms with van der Waals surface area (Å²) in [7, 11) is 0. The second-order valence-corrected chi connectivity index (χ2v) is 6.99. The summed E-state index contributed by atoms with van der Waals surface area (Å²) in [6.07, 6.45) is 0. The smallest absolute Gasteiger partial charge is 0.243 e. The summed E-state index contributed by atoms with van der Waals surface area (Å²) in [5.74, 6) is -0.563. The van der Waals surface area contributed by atoms with Crippen LogP contribution in [-0.4, -0.2) is 55.6 Å². The van der Waals surface area contributed by atoms with Gasteiger partial charge < -0.3 is 21.1 Å². The maximum atomic E-state index is 12.1. The monoisotopic (exact) mass is 362 g/mol. The van der Waals surface area contributed by atoms with Crippen LogP contribution in [0, 0.1) is 5.92 Å². The number of amides is 2. The van der Waals surface area contributed by atoms with Gasteiger partial charge in [0, 0.05) is 24.8 Å². The molecule has 0 spiro atoms. The van der Waals surface area contributed by atoms with E-state index in [1.165, 1.54) is 0 Å². The van der Waals surface area contributed by atoms with E-state index in [4.69, 9.17) is 10.5 Å². The third-order valence-corrected chi connectivity index (χ3v) is 4.69. The first-order valence-electron chi connectivity index (χ1n) is 9.13. The molecule has 2 amide bonds. The Morgan fingerprint density at radius 3 is 2.58 bits per heavy atom. The van der Waals surface area contributed by atoms with Crippen molar-refractivity contribution in [1.29, 1.82) is 0 Å². The van der Waals surface area contributed by atoms with E-state index in [2.05, 4.69) is 28.5 Å². The predicted molar refractivity (Wildman–Crippen MR) is 102 cm³/mol. The molecule has 1 aromatic rings. The first-order valence-corrected chi connectivity index (χ1v) is 9.13. The SMILES string of the molecule is CC(C)[C@H](N)C(=O)NCC(=O)Nc1cccc(C(C)N2CCOCC2)c1. The van der Waals surface area contributed by atoms with Gasteiger partial charge in [0.1, 0.15) is 0 Å². The van der Waals surface area contributed by atoms with Crippen molar-refractivity contribution in [3.63, 3.8) is 0 Å². The van der Waals surface area contributed by atoms with Crippen molar-refractivity contribution in [1.82, 2.24) is 10.2 Å². The summed E-state index contributed by atoms with van der Waals surface area (Å²) in [4.78, 5) is 26.3. The van der Waals surface area contributed by atoms with Crippen molar-refractivity contribution in [2.75, 3.05) is 38.2 Å². The fourth-order valence-electron chi connectivity index (χ4n) is 2.85. The van der Waals surface area contributed by atoms with Crippen LogP contribution in [0.5, 0.6) is 0 Å². The van der Waals surface area contributed by atoms with Crippen molar-refractivity contribution in [3.05, 3.63) is 29.8 Å². The molecular weight excluding hydrogens is 332 g/mol. The van der Waals surface area contributed by atoms with Crippen molar-refractivity contribution in [3.8, 4) is 0 Å². The van der Waals surface area contributed by atoms with Crippen LogP contribution in [0.2, 0.25) is 0 Å². The molecule has 0 bridgehead atoms. The predicted octanol–water partition coefficient (Wildman–Crippen LogP) is 1.12. The van der Waals surface area contributed by atoms with Crippen LogP contribution in [0.3, 0.4) is 0 Å². The lowest BCUT2D eigenvalue weighted by molar-refractivity contribution is -0.125. The van der Waals surface area contributed by atoms with E-state index in [0.29, 0.717) is 0 Å². The summed E-state index contributed by atoms with van der Waals surface area (Å²) in [6.45, 7) is 9.09. The molecular formula is C19H30N4O3. The third-order valence-electron chi connectivity index (χ3n) is 4.69. The first kappa shape index (κ1) is 20.4. The van der Waals surface area contributed by atoms with Crippen molar-refractivity contribution in [2.24, 2.45) is 11.7 Å². The Hall–Kier alpha value is -1.96. The van der Waals surface area contributed by atoms with Gasteiger partial charge in [0.2, 0.25) is 11.8 Å². The highest BCUT2D eigenvalue weighted by Gasteiger charge is 2.19. The van der Waals surface area contributed by atoms with Gasteiger partial charge in [-0.05, 0) is 30.5 Å². The number of anilines is 1. The molecule has 2 rings (SSSR count). The molecule has 1 fully saturated rings. The molecule has 0 aliphatic carbocycles. The van der Waals surface area contributed by atoms with Crippen LogP contribution in [0.1, 0.15) is 32.4 Å². The Balaban J connectivity index is 1.89. The number of nitrogens with zero attached hydrogens (tertiary/aromatic N) is 1. The van der Waals surface area contributed by atoms with Gasteiger partial charge in [-0.1, -0.05) is 26.0 Å². The van der Waals surface area contributed by atoms with Crippen LogP contribution in [0.25, 0.3) is 0 Å². The Morgan fingerprint density at radius 1 is 1.23 bits per heavy atom. The van der Waals surface area contributed by atoms with E-state index >= 15 is 0 Å². The van der Waals surface area contributed by atoms with Crippen LogP contribution < -0.4 is 16.4 Å². The summed E-state index contributed by atoms with van der Waals surface area (Å²) in [5.41, 5.74) is 7.62. The van der Waals surface area contributed by atoms with Crippen LogP contribution >= 0.6 is 0 Å². The molecule has 1 aliphatic rings. The largest absolute Gasteiger partial charge is 0.379 e. The van der Waals surface area contributed by atoms with E-state index < -0.39 is 6.04 Å². The zero-order valence-corrected chi connectivity index (χ0v) is 15.8. The quantitative estimate of drug-likeness (QED) is 0.675. The molecule has 0 saturated carbocycles. The Bertz CT molecular complexity index is 615. The van der Waals surface area contributed by atoms with Crippen LogP contribution in [0.15, 0.2) is 24.3 Å². The van der Waals surface area contributed by atoms with Gasteiger partial charge in [0.15, 0.2) is 0 Å². The molecule has 0 aromatic heterocycles. The Morgan fingerprint density at radius 2 is 1.92 bits per heavy atom. The number of carbonyl (C=O) groups excluding carboxylic acids is 2. The molecule has 2 atom stereocenters. The summed E-state index contributed by atoms with van der Waals surface area (Å²) < 4.78 is 5.40. The minimum atomic E-state index is -0.611. The highest BCUT2D eigenvalue weighted by atomic mass is 16.5. The average Bonchev–Trinajstić information content (AvgIpc) is 2.65. The number of hydrogen-bond acceptors (Lipinski definition) is 5. The number of rotatable bonds is 7. The molecule has 1 unspecified atom stereocenters. The number of benzene rings is 1. The van der Waals surface area contributed by atoms with Crippen molar-refractivity contribution in [2.45, 2.75) is 32.9 Å². The number of nitrogens with one attached hydrogen (secondary N) is 2. The van der Waals surface area contributed by atoms with Gasteiger partial charge in [0.25, 0.3) is 0 Å². The number of carbonyl (C=O) groups is 2. The van der Waals surface area contributed by atoms with E-state index in [0.717, 1.165) is 37.6 Å². The molecule has 7 heteroatoms. The molecule has 144 valence electrons. The van der Waals surface area contributed by atoms with Gasteiger partial charge >= 0.3 is 0 Å². The Kier molecular flexibility index (Phi) is 7.56. The molecule has 1 saturated heterocycles. The minimum absolute atomic E-state index is 0.0245. The first-order chi connectivity index (χ1) is 12.4. The van der Waals surface area contributed by atoms with E-state index in [1.54, 1.807) is 0 Å². The molecule has 26 heavy (non-hydrogen) atoms. The number of hydrogen-bond donors (Lipinski definition) is 3. The highest BCUT2D eigenvalue weighted by Crippen LogP contribution is 2.23. The summed E-state index contributed by atoms with van der Waals surface area (Å²) >= 11 is 0. The molecule has 4 N–H and O–H groups in total. The fraction of sp³-hybridized carbons (Fsp3) is 0.579. The molecule has 1 heterocycles. The molecule has 1 aromatic carbocycles. The van der Waals surface area contributed by atoms with Gasteiger partial charge in [-0.3, -0.25) is 14.5 Å². The zero-order chi connectivity index (χ0) is 19.1. The van der Waals surface area contributed by atoms with Gasteiger partial charge in [-0.2, -0.15) is 0 Å². The second kappa shape index (κ2) is 9.66. The molecule has 1 aliphatic heterocycles. The minimum Gasteiger partial charge on any atom is -0.379 e. The van der Waals surface area contributed by atoms with E-state index in [-0.39, 0.29) is 30.3 Å². The normalized spacial score (nSPS) is 17.6. The average molecular weight is 362 g/mol. The van der Waals surface area contributed by atoms with E-state index in [9.17, 15) is 9.59 Å². The lowest BCUT2D eigenvalue weighted by Crippen LogP contribution is -2.46. The lowest BCUT2D eigenvalue weighted by Gasteiger charge is -2.32. The second-order valence-electron chi connectivity index (χ2n) is 6.99. The fourth-order valence-corrected chi connectivity index (χ4v) is 2.85. The van der Waals surface area contributed by atoms with E-state index in [1.807, 2.05) is 32.0 Å². The zero-order valence-electron chi connectivity index (χ0n) is 15.8. The standard InChI is InChI=1S/C19H30N4O3/c1-13(2)18(20)19(25)21-12-17(24)22-16-6-4-5-15(11-16)14(3)23-7-9-26-10-8-23/h4-6,11,13-14,18H,7-10,12,20H2,1-3H3,(H,21,25)(H,22,24)/t14?,18-/m0/s1. The highest BCUT2D eigenvalue weighted by molar-refractivity contribution is 5.95. The summed E-state index contributed by atoms with van der Waals surface area (Å²) in [6, 6.07) is 7.43. The van der Waals surface area contributed by atoms with Gasteiger partial charge in [-0.25, -0.2) is 0 Å². The van der Waals surface area contributed by atoms with Gasteiger partial charge in [-0.15, -0.1) is 0 Å². The van der Waals surface area contributed by atoms with Gasteiger partial charge in [0.05, 0.1) is 25.8 Å². The topological polar surface area (TPSA) is 96.7 Å². The molecule has 7 nitrogen and oxygen atoms in total. The molecule has 0 radical (unpaired) electrons. The summed E-state index contributed by atoms with van der Waals surface area (Å²) in [5, 5.41) is 5.40. The lowest BCUT2D eigenvalue weighted by atomic mass is 10.1.